The smallest absolute Gasteiger partial charge is 0.411 e. The maximum atomic E-state index is 13.0. The van der Waals surface area contributed by atoms with E-state index in [-0.39, 0.29) is 12.1 Å². The van der Waals surface area contributed by atoms with Crippen LogP contribution in [0.25, 0.3) is 0 Å². The highest BCUT2D eigenvalue weighted by Gasteiger charge is 2.60. The number of hydrogen-bond acceptors (Lipinski definition) is 6. The maximum absolute atomic E-state index is 13.0. The number of nitriles is 1. The lowest BCUT2D eigenvalue weighted by molar-refractivity contribution is -0.164. The fourth-order valence-electron chi connectivity index (χ4n) is 3.65. The Kier molecular flexibility index (Phi) is 5.60. The van der Waals surface area contributed by atoms with Crippen LogP contribution in [0, 0.1) is 11.3 Å². The summed E-state index contributed by atoms with van der Waals surface area (Å²) in [6.45, 7) is 11.2. The van der Waals surface area contributed by atoms with Crippen LogP contribution in [0.5, 0.6) is 0 Å². The largest absolute Gasteiger partial charge is 0.444 e. The molecule has 7 heteroatoms. The summed E-state index contributed by atoms with van der Waals surface area (Å²) in [5.74, 6) is -0.750. The van der Waals surface area contributed by atoms with Gasteiger partial charge in [-0.15, -0.1) is 0 Å². The summed E-state index contributed by atoms with van der Waals surface area (Å²) in [4.78, 5) is 16.4. The molecule has 0 N–H and O–H groups in total. The minimum Gasteiger partial charge on any atom is -0.444 e. The molecule has 0 aromatic carbocycles. The molecular formula is C19H31N3O4. The average molecular weight is 365 g/mol. The van der Waals surface area contributed by atoms with Crippen molar-refractivity contribution in [2.45, 2.75) is 83.6 Å². The standard InChI is InChI=1S/C19H31N3O4/c1-9-13-15-16(25-19(5,6)24-15)14(12(10-20)11-21(7)8)22(13)17(23)26-18(2,3)4/h11,13-16H,9H2,1-8H3/b12-11+/t13-,14+,15-,16+/m1/s1. The van der Waals surface area contributed by atoms with E-state index < -0.39 is 29.6 Å². The van der Waals surface area contributed by atoms with Crippen molar-refractivity contribution in [2.75, 3.05) is 14.1 Å². The molecule has 0 bridgehead atoms. The monoisotopic (exact) mass is 365 g/mol. The van der Waals surface area contributed by atoms with Gasteiger partial charge in [-0.25, -0.2) is 4.79 Å². The summed E-state index contributed by atoms with van der Waals surface area (Å²) in [6.07, 6.45) is 1.25. The zero-order valence-electron chi connectivity index (χ0n) is 17.1. The molecular weight excluding hydrogens is 334 g/mol. The molecule has 146 valence electrons. The summed E-state index contributed by atoms with van der Waals surface area (Å²) < 4.78 is 17.8. The molecule has 2 fully saturated rings. The summed E-state index contributed by atoms with van der Waals surface area (Å²) >= 11 is 0. The number of nitrogens with zero attached hydrogens (tertiary/aromatic N) is 3. The summed E-state index contributed by atoms with van der Waals surface area (Å²) in [6, 6.07) is 1.47. The summed E-state index contributed by atoms with van der Waals surface area (Å²) in [5, 5.41) is 9.76. The fourth-order valence-corrected chi connectivity index (χ4v) is 3.65. The molecule has 0 spiro atoms. The number of ether oxygens (including phenoxy) is 3. The van der Waals surface area contributed by atoms with Crippen LogP contribution in [-0.2, 0) is 14.2 Å². The number of carbonyl (C=O) groups is 1. The maximum Gasteiger partial charge on any atom is 0.411 e. The molecule has 2 saturated heterocycles. The third-order valence-electron chi connectivity index (χ3n) is 4.38. The van der Waals surface area contributed by atoms with Gasteiger partial charge >= 0.3 is 6.09 Å². The van der Waals surface area contributed by atoms with Crippen molar-refractivity contribution in [3.05, 3.63) is 11.8 Å². The highest BCUT2D eigenvalue weighted by molar-refractivity contribution is 5.71. The van der Waals surface area contributed by atoms with E-state index in [0.29, 0.717) is 12.0 Å². The van der Waals surface area contributed by atoms with E-state index in [1.807, 2.05) is 55.6 Å². The fraction of sp³-hybridized carbons (Fsp3) is 0.789. The molecule has 0 aromatic heterocycles. The molecule has 7 nitrogen and oxygen atoms in total. The minimum absolute atomic E-state index is 0.222. The van der Waals surface area contributed by atoms with Crippen LogP contribution in [-0.4, -0.2) is 65.7 Å². The molecule has 2 aliphatic heterocycles. The van der Waals surface area contributed by atoms with Gasteiger partial charge < -0.3 is 19.1 Å². The van der Waals surface area contributed by atoms with Crippen LogP contribution in [0.15, 0.2) is 11.8 Å². The zero-order chi connectivity index (χ0) is 19.9. The van der Waals surface area contributed by atoms with Gasteiger partial charge in [0.05, 0.1) is 17.7 Å². The van der Waals surface area contributed by atoms with E-state index in [9.17, 15) is 10.1 Å². The van der Waals surface area contributed by atoms with E-state index in [2.05, 4.69) is 6.07 Å². The van der Waals surface area contributed by atoms with Gasteiger partial charge in [0, 0.05) is 20.3 Å². The first-order chi connectivity index (χ1) is 11.9. The molecule has 26 heavy (non-hydrogen) atoms. The first-order valence-electron chi connectivity index (χ1n) is 9.05. The molecule has 0 radical (unpaired) electrons. The van der Waals surface area contributed by atoms with E-state index in [0.717, 1.165) is 0 Å². The van der Waals surface area contributed by atoms with Crippen molar-refractivity contribution in [1.82, 2.24) is 9.80 Å². The zero-order valence-corrected chi connectivity index (χ0v) is 17.1. The molecule has 0 unspecified atom stereocenters. The van der Waals surface area contributed by atoms with Crippen LogP contribution in [0.1, 0.15) is 48.0 Å². The Morgan fingerprint density at radius 3 is 2.35 bits per heavy atom. The van der Waals surface area contributed by atoms with Gasteiger partial charge in [0.25, 0.3) is 0 Å². The Morgan fingerprint density at radius 1 is 1.31 bits per heavy atom. The Bertz CT molecular complexity index is 615. The van der Waals surface area contributed by atoms with Gasteiger partial charge in [-0.3, -0.25) is 4.90 Å². The lowest BCUT2D eigenvalue weighted by Gasteiger charge is -2.35. The minimum atomic E-state index is -0.750. The van der Waals surface area contributed by atoms with Crippen molar-refractivity contribution in [3.8, 4) is 6.07 Å². The average Bonchev–Trinajstić information content (AvgIpc) is 2.92. The SMILES string of the molecule is CC[C@@H]1[C@H]2OC(C)(C)O[C@H]2[C@H](/C(C#N)=C/N(C)C)N1C(=O)OC(C)(C)C. The Hall–Kier alpha value is -1.78. The van der Waals surface area contributed by atoms with Crippen LogP contribution in [0.4, 0.5) is 4.79 Å². The Labute approximate surface area is 156 Å². The predicted octanol–water partition coefficient (Wildman–Crippen LogP) is 2.87. The summed E-state index contributed by atoms with van der Waals surface area (Å²) in [7, 11) is 3.68. The molecule has 4 atom stereocenters. The number of hydrogen-bond donors (Lipinski definition) is 0. The van der Waals surface area contributed by atoms with E-state index in [1.165, 1.54) is 0 Å². The van der Waals surface area contributed by atoms with Gasteiger partial charge in [0.2, 0.25) is 0 Å². The third kappa shape index (κ3) is 4.13. The second-order valence-electron chi connectivity index (χ2n) is 8.53. The molecule has 0 aromatic rings. The Morgan fingerprint density at radius 2 is 1.88 bits per heavy atom. The molecule has 1 amide bonds. The molecule has 2 heterocycles. The molecule has 2 aliphatic rings. The predicted molar refractivity (Wildman–Crippen MR) is 97.1 cm³/mol. The van der Waals surface area contributed by atoms with Gasteiger partial charge in [-0.2, -0.15) is 5.26 Å². The first kappa shape index (κ1) is 20.5. The number of fused-ring (bicyclic) bond motifs is 1. The molecule has 0 aliphatic carbocycles. The lowest BCUT2D eigenvalue weighted by atomic mass is 10.0. The third-order valence-corrected chi connectivity index (χ3v) is 4.38. The second kappa shape index (κ2) is 7.09. The second-order valence-corrected chi connectivity index (χ2v) is 8.53. The number of rotatable bonds is 3. The number of likely N-dealkylation sites (tertiary alicyclic amines) is 1. The van der Waals surface area contributed by atoms with E-state index in [1.54, 1.807) is 16.0 Å². The van der Waals surface area contributed by atoms with Crippen LogP contribution >= 0.6 is 0 Å². The van der Waals surface area contributed by atoms with Crippen molar-refractivity contribution >= 4 is 6.09 Å². The molecule has 0 saturated carbocycles. The number of carbonyl (C=O) groups excluding carboxylic acids is 1. The van der Waals surface area contributed by atoms with Crippen molar-refractivity contribution in [2.24, 2.45) is 0 Å². The quantitative estimate of drug-likeness (QED) is 0.716. The van der Waals surface area contributed by atoms with Crippen LogP contribution in [0.2, 0.25) is 0 Å². The Balaban J connectivity index is 2.48. The topological polar surface area (TPSA) is 75.0 Å². The lowest BCUT2D eigenvalue weighted by Crippen LogP contribution is -2.49. The van der Waals surface area contributed by atoms with Crippen molar-refractivity contribution in [3.63, 3.8) is 0 Å². The number of amides is 1. The van der Waals surface area contributed by atoms with Gasteiger partial charge in [0.15, 0.2) is 5.79 Å². The van der Waals surface area contributed by atoms with Crippen LogP contribution in [0.3, 0.4) is 0 Å². The highest BCUT2D eigenvalue weighted by atomic mass is 16.8. The molecule has 2 rings (SSSR count). The highest BCUT2D eigenvalue weighted by Crippen LogP contribution is 2.44. The van der Waals surface area contributed by atoms with Gasteiger partial charge in [0.1, 0.15) is 23.9 Å². The first-order valence-corrected chi connectivity index (χ1v) is 9.05. The normalized spacial score (nSPS) is 30.7. The summed E-state index contributed by atoms with van der Waals surface area (Å²) in [5.41, 5.74) is -0.176. The van der Waals surface area contributed by atoms with Gasteiger partial charge in [-0.1, -0.05) is 6.92 Å². The van der Waals surface area contributed by atoms with Crippen molar-refractivity contribution < 1.29 is 19.0 Å². The van der Waals surface area contributed by atoms with Gasteiger partial charge in [-0.05, 0) is 41.0 Å². The van der Waals surface area contributed by atoms with E-state index in [4.69, 9.17) is 14.2 Å². The van der Waals surface area contributed by atoms with E-state index >= 15 is 0 Å². The van der Waals surface area contributed by atoms with Crippen LogP contribution < -0.4 is 0 Å². The van der Waals surface area contributed by atoms with Crippen molar-refractivity contribution in [1.29, 1.82) is 5.26 Å².